The lowest BCUT2D eigenvalue weighted by molar-refractivity contribution is -0.117. The van der Waals surface area contributed by atoms with E-state index in [1.165, 1.54) is 0 Å². The van der Waals surface area contributed by atoms with Gasteiger partial charge in [0.15, 0.2) is 0 Å². The molecule has 0 heterocycles. The number of sulfonamides is 1. The first kappa shape index (κ1) is 14.5. The fourth-order valence-electron chi connectivity index (χ4n) is 1.29. The Morgan fingerprint density at radius 3 is 2.39 bits per heavy atom. The van der Waals surface area contributed by atoms with Gasteiger partial charge >= 0.3 is 0 Å². The van der Waals surface area contributed by atoms with Crippen LogP contribution < -0.4 is 15.8 Å². The average Bonchev–Trinajstić information content (AvgIpc) is 2.28. The topological polar surface area (TPSA) is 101 Å². The molecule has 0 fully saturated rings. The number of benzene rings is 1. The molecule has 1 rings (SSSR count). The highest BCUT2D eigenvalue weighted by molar-refractivity contribution is 7.92. The number of carbonyl (C=O) groups excluding carboxylic acids is 1. The molecule has 18 heavy (non-hydrogen) atoms. The maximum Gasteiger partial charge on any atom is 0.241 e. The first-order valence-electron chi connectivity index (χ1n) is 5.46. The number of nitrogens with two attached hydrogens (primary N) is 1. The van der Waals surface area contributed by atoms with E-state index in [9.17, 15) is 13.2 Å². The van der Waals surface area contributed by atoms with Gasteiger partial charge in [0.25, 0.3) is 0 Å². The van der Waals surface area contributed by atoms with Crippen molar-refractivity contribution in [2.75, 3.05) is 16.3 Å². The zero-order chi connectivity index (χ0) is 13.8. The molecule has 1 amide bonds. The predicted molar refractivity (Wildman–Crippen MR) is 71.8 cm³/mol. The maximum absolute atomic E-state index is 11.6. The van der Waals surface area contributed by atoms with Crippen LogP contribution in [0.5, 0.6) is 0 Å². The first-order valence-corrected chi connectivity index (χ1v) is 7.36. The van der Waals surface area contributed by atoms with E-state index in [1.807, 2.05) is 0 Å². The van der Waals surface area contributed by atoms with Crippen LogP contribution in [0.25, 0.3) is 0 Å². The second kappa shape index (κ2) is 5.83. The molecule has 0 saturated heterocycles. The lowest BCUT2D eigenvalue weighted by Gasteiger charge is -2.14. The van der Waals surface area contributed by atoms with Crippen molar-refractivity contribution in [1.82, 2.24) is 0 Å². The third-order valence-corrected chi connectivity index (χ3v) is 2.85. The standard InChI is InChI=1S/C11H17N3O3S/c1-3-8(12)11(15)13-9-6-4-5-7-10(9)14-18(2,16)17/h4-8,14H,3,12H2,1-2H3,(H,13,15)/t8-/m0/s1. The molecule has 0 spiro atoms. The number of rotatable bonds is 5. The fourth-order valence-corrected chi connectivity index (χ4v) is 1.87. The van der Waals surface area contributed by atoms with Crippen LogP contribution in [0.4, 0.5) is 11.4 Å². The van der Waals surface area contributed by atoms with Crippen molar-refractivity contribution < 1.29 is 13.2 Å². The van der Waals surface area contributed by atoms with E-state index in [0.29, 0.717) is 17.8 Å². The third kappa shape index (κ3) is 4.34. The van der Waals surface area contributed by atoms with Crippen LogP contribution in [0.2, 0.25) is 0 Å². The Morgan fingerprint density at radius 1 is 1.33 bits per heavy atom. The van der Waals surface area contributed by atoms with Gasteiger partial charge in [-0.2, -0.15) is 0 Å². The lowest BCUT2D eigenvalue weighted by Crippen LogP contribution is -2.35. The SMILES string of the molecule is CC[C@H](N)C(=O)Nc1ccccc1NS(C)(=O)=O. The maximum atomic E-state index is 11.6. The van der Waals surface area contributed by atoms with Crippen molar-refractivity contribution in [3.05, 3.63) is 24.3 Å². The summed E-state index contributed by atoms with van der Waals surface area (Å²) < 4.78 is 24.7. The Hall–Kier alpha value is -1.60. The van der Waals surface area contributed by atoms with Gasteiger partial charge in [-0.25, -0.2) is 8.42 Å². The number of para-hydroxylation sites is 2. The van der Waals surface area contributed by atoms with Gasteiger partial charge in [0.2, 0.25) is 15.9 Å². The fraction of sp³-hybridized carbons (Fsp3) is 0.364. The van der Waals surface area contributed by atoms with Gasteiger partial charge < -0.3 is 11.1 Å². The predicted octanol–water partition coefficient (Wildman–Crippen LogP) is 0.734. The highest BCUT2D eigenvalue weighted by Crippen LogP contribution is 2.21. The van der Waals surface area contributed by atoms with Gasteiger partial charge in [-0.3, -0.25) is 9.52 Å². The molecule has 0 radical (unpaired) electrons. The molecule has 7 heteroatoms. The second-order valence-corrected chi connectivity index (χ2v) is 5.67. The van der Waals surface area contributed by atoms with E-state index in [2.05, 4.69) is 10.0 Å². The molecule has 0 unspecified atom stereocenters. The molecule has 0 saturated carbocycles. The second-order valence-electron chi connectivity index (χ2n) is 3.92. The summed E-state index contributed by atoms with van der Waals surface area (Å²) >= 11 is 0. The first-order chi connectivity index (χ1) is 8.33. The minimum Gasteiger partial charge on any atom is -0.323 e. The lowest BCUT2D eigenvalue weighted by atomic mass is 10.2. The van der Waals surface area contributed by atoms with Crippen LogP contribution in [0, 0.1) is 0 Å². The molecular weight excluding hydrogens is 254 g/mol. The third-order valence-electron chi connectivity index (χ3n) is 2.26. The van der Waals surface area contributed by atoms with Crippen LogP contribution in [-0.4, -0.2) is 26.6 Å². The number of nitrogens with one attached hydrogen (secondary N) is 2. The minimum atomic E-state index is -3.39. The molecule has 0 aliphatic heterocycles. The van der Waals surface area contributed by atoms with Gasteiger partial charge in [0, 0.05) is 0 Å². The van der Waals surface area contributed by atoms with Crippen LogP contribution in [0.3, 0.4) is 0 Å². The normalized spacial score (nSPS) is 12.8. The summed E-state index contributed by atoms with van der Waals surface area (Å²) in [6, 6.07) is 5.92. The van der Waals surface area contributed by atoms with Crippen molar-refractivity contribution in [2.45, 2.75) is 19.4 Å². The van der Waals surface area contributed by atoms with Gasteiger partial charge in [-0.1, -0.05) is 19.1 Å². The molecule has 0 aliphatic carbocycles. The van der Waals surface area contributed by atoms with E-state index in [-0.39, 0.29) is 5.91 Å². The van der Waals surface area contributed by atoms with Crippen molar-refractivity contribution in [3.8, 4) is 0 Å². The van der Waals surface area contributed by atoms with E-state index >= 15 is 0 Å². The van der Waals surface area contributed by atoms with Crippen LogP contribution in [-0.2, 0) is 14.8 Å². The monoisotopic (exact) mass is 271 g/mol. The van der Waals surface area contributed by atoms with Crippen molar-refractivity contribution in [1.29, 1.82) is 0 Å². The van der Waals surface area contributed by atoms with Crippen LogP contribution in [0.1, 0.15) is 13.3 Å². The summed E-state index contributed by atoms with van der Waals surface area (Å²) in [5.41, 5.74) is 6.29. The van der Waals surface area contributed by atoms with Gasteiger partial charge in [-0.05, 0) is 18.6 Å². The van der Waals surface area contributed by atoms with Crippen molar-refractivity contribution in [2.24, 2.45) is 5.73 Å². The molecule has 1 aromatic carbocycles. The number of amides is 1. The molecular formula is C11H17N3O3S. The quantitative estimate of drug-likeness (QED) is 0.735. The molecule has 6 nitrogen and oxygen atoms in total. The molecule has 1 aromatic rings. The molecule has 4 N–H and O–H groups in total. The van der Waals surface area contributed by atoms with Crippen LogP contribution in [0.15, 0.2) is 24.3 Å². The Kier molecular flexibility index (Phi) is 4.69. The van der Waals surface area contributed by atoms with Crippen LogP contribution >= 0.6 is 0 Å². The Balaban J connectivity index is 2.93. The number of hydrogen-bond acceptors (Lipinski definition) is 4. The summed E-state index contributed by atoms with van der Waals surface area (Å²) in [6.45, 7) is 1.80. The number of hydrogen-bond donors (Lipinski definition) is 3. The Labute approximate surface area is 107 Å². The van der Waals surface area contributed by atoms with Gasteiger partial charge in [0.05, 0.1) is 23.7 Å². The van der Waals surface area contributed by atoms with Gasteiger partial charge in [-0.15, -0.1) is 0 Å². The minimum absolute atomic E-state index is 0.316. The van der Waals surface area contributed by atoms with E-state index in [0.717, 1.165) is 6.26 Å². The van der Waals surface area contributed by atoms with E-state index < -0.39 is 16.1 Å². The Morgan fingerprint density at radius 2 is 1.89 bits per heavy atom. The smallest absolute Gasteiger partial charge is 0.241 e. The number of carbonyl (C=O) groups is 1. The van der Waals surface area contributed by atoms with E-state index in [1.54, 1.807) is 31.2 Å². The van der Waals surface area contributed by atoms with Crippen molar-refractivity contribution >= 4 is 27.3 Å². The highest BCUT2D eigenvalue weighted by atomic mass is 32.2. The summed E-state index contributed by atoms with van der Waals surface area (Å²) in [7, 11) is -3.39. The molecule has 0 aromatic heterocycles. The van der Waals surface area contributed by atoms with Gasteiger partial charge in [0.1, 0.15) is 0 Å². The van der Waals surface area contributed by atoms with E-state index in [4.69, 9.17) is 5.73 Å². The summed E-state index contributed by atoms with van der Waals surface area (Å²) in [5.74, 6) is -0.347. The molecule has 0 bridgehead atoms. The van der Waals surface area contributed by atoms with Crippen molar-refractivity contribution in [3.63, 3.8) is 0 Å². The zero-order valence-corrected chi connectivity index (χ0v) is 11.1. The number of anilines is 2. The Bertz CT molecular complexity index is 528. The summed E-state index contributed by atoms with van der Waals surface area (Å²) in [5, 5.41) is 2.59. The summed E-state index contributed by atoms with van der Waals surface area (Å²) in [4.78, 5) is 11.6. The summed E-state index contributed by atoms with van der Waals surface area (Å²) in [6.07, 6.45) is 1.55. The average molecular weight is 271 g/mol. The molecule has 100 valence electrons. The zero-order valence-electron chi connectivity index (χ0n) is 10.3. The highest BCUT2D eigenvalue weighted by Gasteiger charge is 2.14. The molecule has 0 aliphatic rings. The molecule has 1 atom stereocenters. The largest absolute Gasteiger partial charge is 0.323 e.